The average molecular weight is 432 g/mol. The number of nitrogens with one attached hydrogen (secondary N) is 2. The molecule has 0 aliphatic heterocycles. The lowest BCUT2D eigenvalue weighted by Gasteiger charge is -2.02. The fourth-order valence-corrected chi connectivity index (χ4v) is 3.36. The number of carbonyl (C=O) groups is 2. The van der Waals surface area contributed by atoms with Gasteiger partial charge in [-0.1, -0.05) is 41.4 Å². The number of thiazole rings is 1. The van der Waals surface area contributed by atoms with Crippen LogP contribution in [0.3, 0.4) is 0 Å². The van der Waals surface area contributed by atoms with Gasteiger partial charge in [0.05, 0.1) is 15.7 Å². The quantitative estimate of drug-likeness (QED) is 0.506. The van der Waals surface area contributed by atoms with E-state index < -0.39 is 0 Å². The molecule has 0 aliphatic rings. The van der Waals surface area contributed by atoms with Gasteiger partial charge >= 0.3 is 0 Å². The van der Waals surface area contributed by atoms with Gasteiger partial charge in [-0.05, 0) is 35.9 Å². The second kappa shape index (κ2) is 9.01. The summed E-state index contributed by atoms with van der Waals surface area (Å²) in [6, 6.07) is 12.4. The van der Waals surface area contributed by atoms with Crippen LogP contribution >= 0.6 is 34.5 Å². The minimum absolute atomic E-state index is 0.125. The van der Waals surface area contributed by atoms with Gasteiger partial charge in [-0.15, -0.1) is 11.3 Å². The van der Waals surface area contributed by atoms with E-state index in [-0.39, 0.29) is 11.8 Å². The number of nitrogens with zero attached hydrogens (tertiary/aromatic N) is 1. The summed E-state index contributed by atoms with van der Waals surface area (Å²) < 4.78 is 0. The molecule has 0 aliphatic carbocycles. The topological polar surface area (TPSA) is 71.1 Å². The highest BCUT2D eigenvalue weighted by Crippen LogP contribution is 2.26. The smallest absolute Gasteiger partial charge is 0.250 e. The molecule has 0 spiro atoms. The van der Waals surface area contributed by atoms with Crippen molar-refractivity contribution in [3.63, 3.8) is 0 Å². The Morgan fingerprint density at radius 2 is 1.79 bits per heavy atom. The number of halogens is 2. The minimum Gasteiger partial charge on any atom is -0.326 e. The molecule has 8 heteroatoms. The molecule has 2 amide bonds. The van der Waals surface area contributed by atoms with Gasteiger partial charge in [-0.3, -0.25) is 14.9 Å². The maximum Gasteiger partial charge on any atom is 0.250 e. The van der Waals surface area contributed by atoms with E-state index in [9.17, 15) is 9.59 Å². The van der Waals surface area contributed by atoms with E-state index in [0.717, 1.165) is 16.8 Å². The average Bonchev–Trinajstić information content (AvgIpc) is 3.11. The van der Waals surface area contributed by atoms with Crippen molar-refractivity contribution in [1.82, 2.24) is 4.98 Å². The number of anilines is 2. The first kappa shape index (κ1) is 20.1. The van der Waals surface area contributed by atoms with Gasteiger partial charge in [0.1, 0.15) is 0 Å². The number of amides is 2. The molecule has 0 saturated heterocycles. The van der Waals surface area contributed by atoms with Crippen LogP contribution in [0.1, 0.15) is 12.5 Å². The first-order chi connectivity index (χ1) is 13.4. The molecule has 0 radical (unpaired) electrons. The van der Waals surface area contributed by atoms with Crippen LogP contribution in [-0.4, -0.2) is 16.8 Å². The van der Waals surface area contributed by atoms with E-state index in [1.807, 2.05) is 17.5 Å². The van der Waals surface area contributed by atoms with Gasteiger partial charge in [0.15, 0.2) is 5.13 Å². The zero-order valence-electron chi connectivity index (χ0n) is 14.7. The number of carbonyl (C=O) groups excluding carboxylic acids is 2. The van der Waals surface area contributed by atoms with Crippen LogP contribution < -0.4 is 10.6 Å². The molecule has 2 aromatic carbocycles. The van der Waals surface area contributed by atoms with Crippen molar-refractivity contribution in [2.45, 2.75) is 6.92 Å². The summed E-state index contributed by atoms with van der Waals surface area (Å²) in [4.78, 5) is 27.6. The fraction of sp³-hybridized carbons (Fsp3) is 0.0500. The second-order valence-corrected chi connectivity index (χ2v) is 7.47. The van der Waals surface area contributed by atoms with Crippen LogP contribution in [0.4, 0.5) is 10.8 Å². The van der Waals surface area contributed by atoms with E-state index in [1.165, 1.54) is 24.3 Å². The van der Waals surface area contributed by atoms with E-state index in [0.29, 0.717) is 20.9 Å². The van der Waals surface area contributed by atoms with Crippen LogP contribution in [0.25, 0.3) is 17.3 Å². The van der Waals surface area contributed by atoms with Crippen LogP contribution in [0.2, 0.25) is 10.0 Å². The zero-order chi connectivity index (χ0) is 20.1. The summed E-state index contributed by atoms with van der Waals surface area (Å²) in [5, 5.41) is 8.68. The summed E-state index contributed by atoms with van der Waals surface area (Å²) in [7, 11) is 0. The largest absolute Gasteiger partial charge is 0.326 e. The Kier molecular flexibility index (Phi) is 6.46. The molecule has 0 saturated carbocycles. The lowest BCUT2D eigenvalue weighted by Crippen LogP contribution is -2.07. The van der Waals surface area contributed by atoms with Gasteiger partial charge in [0, 0.05) is 29.6 Å². The Hall–Kier alpha value is -2.67. The van der Waals surface area contributed by atoms with Crippen LogP contribution in [0, 0.1) is 0 Å². The molecule has 0 bridgehead atoms. The maximum absolute atomic E-state index is 12.1. The molecule has 142 valence electrons. The summed E-state index contributed by atoms with van der Waals surface area (Å²) in [5.74, 6) is -0.423. The Labute approximate surface area is 176 Å². The highest BCUT2D eigenvalue weighted by molar-refractivity contribution is 7.14. The molecule has 28 heavy (non-hydrogen) atoms. The molecule has 0 fully saturated rings. The SMILES string of the molecule is CC(=O)Nc1ccc(-c2csc(NC(=O)/C=C/c3ccc(Cl)c(Cl)c3)n2)cc1. The Morgan fingerprint density at radius 3 is 2.46 bits per heavy atom. The van der Waals surface area contributed by atoms with Crippen molar-refractivity contribution in [3.05, 3.63) is 69.5 Å². The standard InChI is InChI=1S/C20H15Cl2N3O2S/c1-12(26)23-15-6-4-14(5-7-15)18-11-28-20(24-18)25-19(27)9-3-13-2-8-16(21)17(22)10-13/h2-11H,1H3,(H,23,26)(H,24,25,27)/b9-3+. The Morgan fingerprint density at radius 1 is 1.04 bits per heavy atom. The first-order valence-corrected chi connectivity index (χ1v) is 9.82. The molecule has 0 unspecified atom stereocenters. The monoisotopic (exact) mass is 431 g/mol. The maximum atomic E-state index is 12.1. The van der Waals surface area contributed by atoms with Crippen molar-refractivity contribution < 1.29 is 9.59 Å². The second-order valence-electron chi connectivity index (χ2n) is 5.79. The van der Waals surface area contributed by atoms with Crippen molar-refractivity contribution in [1.29, 1.82) is 0 Å². The summed E-state index contributed by atoms with van der Waals surface area (Å²) in [5.41, 5.74) is 3.11. The molecule has 1 aromatic heterocycles. The lowest BCUT2D eigenvalue weighted by atomic mass is 10.1. The predicted octanol–water partition coefficient (Wildman–Crippen LogP) is 5.73. The summed E-state index contributed by atoms with van der Waals surface area (Å²) in [6.07, 6.45) is 3.05. The molecule has 5 nitrogen and oxygen atoms in total. The first-order valence-electron chi connectivity index (χ1n) is 8.18. The van der Waals surface area contributed by atoms with Crippen molar-refractivity contribution >= 4 is 63.2 Å². The van der Waals surface area contributed by atoms with Crippen molar-refractivity contribution in [2.24, 2.45) is 0 Å². The molecule has 3 rings (SSSR count). The number of rotatable bonds is 5. The number of aromatic nitrogens is 1. The number of hydrogen-bond donors (Lipinski definition) is 2. The third-order valence-electron chi connectivity index (χ3n) is 3.61. The minimum atomic E-state index is -0.298. The van der Waals surface area contributed by atoms with E-state index in [2.05, 4.69) is 15.6 Å². The molecule has 1 heterocycles. The predicted molar refractivity (Wildman–Crippen MR) is 116 cm³/mol. The third-order valence-corrected chi connectivity index (χ3v) is 5.10. The highest BCUT2D eigenvalue weighted by atomic mass is 35.5. The third kappa shape index (κ3) is 5.42. The molecular formula is C20H15Cl2N3O2S. The van der Waals surface area contributed by atoms with E-state index >= 15 is 0 Å². The summed E-state index contributed by atoms with van der Waals surface area (Å²) in [6.45, 7) is 1.46. The Bertz CT molecular complexity index is 1050. The zero-order valence-corrected chi connectivity index (χ0v) is 17.0. The van der Waals surface area contributed by atoms with Gasteiger partial charge in [-0.2, -0.15) is 0 Å². The normalized spacial score (nSPS) is 10.8. The summed E-state index contributed by atoms with van der Waals surface area (Å²) >= 11 is 13.2. The molecule has 2 N–H and O–H groups in total. The fourth-order valence-electron chi connectivity index (χ4n) is 2.33. The van der Waals surface area contributed by atoms with Gasteiger partial charge in [0.2, 0.25) is 11.8 Å². The van der Waals surface area contributed by atoms with Crippen LogP contribution in [0.15, 0.2) is 53.9 Å². The van der Waals surface area contributed by atoms with Gasteiger partial charge in [-0.25, -0.2) is 4.98 Å². The van der Waals surface area contributed by atoms with Gasteiger partial charge < -0.3 is 5.32 Å². The van der Waals surface area contributed by atoms with Crippen molar-refractivity contribution in [2.75, 3.05) is 10.6 Å². The van der Waals surface area contributed by atoms with Crippen LogP contribution in [-0.2, 0) is 9.59 Å². The Balaban J connectivity index is 1.63. The van der Waals surface area contributed by atoms with Gasteiger partial charge in [0.25, 0.3) is 0 Å². The number of hydrogen-bond acceptors (Lipinski definition) is 4. The molecular weight excluding hydrogens is 417 g/mol. The lowest BCUT2D eigenvalue weighted by molar-refractivity contribution is -0.114. The van der Waals surface area contributed by atoms with Crippen LogP contribution in [0.5, 0.6) is 0 Å². The molecule has 3 aromatic rings. The van der Waals surface area contributed by atoms with Crippen molar-refractivity contribution in [3.8, 4) is 11.3 Å². The van der Waals surface area contributed by atoms with E-state index in [1.54, 1.807) is 36.4 Å². The van der Waals surface area contributed by atoms with E-state index in [4.69, 9.17) is 23.2 Å². The number of benzene rings is 2. The highest BCUT2D eigenvalue weighted by Gasteiger charge is 2.07. The molecule has 0 atom stereocenters.